The van der Waals surface area contributed by atoms with Crippen LogP contribution in [0.5, 0.6) is 0 Å². The lowest BCUT2D eigenvalue weighted by atomic mass is 10.1. The third kappa shape index (κ3) is 3.55. The maximum absolute atomic E-state index is 11.2. The van der Waals surface area contributed by atoms with E-state index in [1.807, 2.05) is 0 Å². The summed E-state index contributed by atoms with van der Waals surface area (Å²) in [5.41, 5.74) is 1.96. The second-order valence-corrected chi connectivity index (χ2v) is 5.38. The van der Waals surface area contributed by atoms with Gasteiger partial charge in [0.15, 0.2) is 5.78 Å². The zero-order chi connectivity index (χ0) is 14.7. The van der Waals surface area contributed by atoms with Crippen LogP contribution in [0.2, 0.25) is 15.1 Å². The molecule has 2 aromatic carbocycles. The Morgan fingerprint density at radius 1 is 0.950 bits per heavy atom. The van der Waals surface area contributed by atoms with Crippen molar-refractivity contribution in [2.24, 2.45) is 0 Å². The minimum Gasteiger partial charge on any atom is -0.295 e. The van der Waals surface area contributed by atoms with E-state index in [1.165, 1.54) is 6.92 Å². The molecule has 0 spiro atoms. The van der Waals surface area contributed by atoms with Crippen molar-refractivity contribution in [2.45, 2.75) is 6.92 Å². The van der Waals surface area contributed by atoms with E-state index < -0.39 is 0 Å². The van der Waals surface area contributed by atoms with E-state index in [4.69, 9.17) is 34.8 Å². The molecule has 100 valence electrons. The number of hydrogen-bond donors (Lipinski definition) is 0. The number of Topliss-reactive ketones (excluding diaryl/α,β-unsaturated/α-hetero) is 1. The molecule has 1 nitrogen and oxygen atoms in total. The fraction of sp³-hybridized carbons (Fsp3) is 0.0625. The summed E-state index contributed by atoms with van der Waals surface area (Å²) >= 11 is 17.9. The van der Waals surface area contributed by atoms with Crippen LogP contribution in [0.3, 0.4) is 0 Å². The third-order valence-electron chi connectivity index (χ3n) is 2.63. The van der Waals surface area contributed by atoms with Gasteiger partial charge in [-0.2, -0.15) is 0 Å². The van der Waals surface area contributed by atoms with Crippen molar-refractivity contribution in [3.8, 4) is 11.8 Å². The lowest BCUT2D eigenvalue weighted by Crippen LogP contribution is -1.90. The highest BCUT2D eigenvalue weighted by molar-refractivity contribution is 6.39. The summed E-state index contributed by atoms with van der Waals surface area (Å²) in [6.07, 6.45) is 0. The van der Waals surface area contributed by atoms with Crippen LogP contribution in [0.1, 0.15) is 28.4 Å². The first-order valence-electron chi connectivity index (χ1n) is 5.75. The van der Waals surface area contributed by atoms with E-state index in [1.54, 1.807) is 36.4 Å². The molecule has 2 rings (SSSR count). The lowest BCUT2D eigenvalue weighted by Gasteiger charge is -2.00. The Kier molecular flexibility index (Phi) is 4.73. The number of rotatable bonds is 1. The second-order valence-electron chi connectivity index (χ2n) is 4.13. The van der Waals surface area contributed by atoms with Crippen LogP contribution in [0.4, 0.5) is 0 Å². The molecule has 2 aromatic rings. The van der Waals surface area contributed by atoms with Crippen LogP contribution in [-0.2, 0) is 0 Å². The summed E-state index contributed by atoms with van der Waals surface area (Å²) in [5.74, 6) is 5.89. The SMILES string of the molecule is CC(=O)c1ccc(C#Cc2c(Cl)cc(Cl)cc2Cl)cc1. The molecular formula is C16H9Cl3O. The maximum atomic E-state index is 11.2. The number of benzene rings is 2. The van der Waals surface area contributed by atoms with Gasteiger partial charge in [0, 0.05) is 16.1 Å². The monoisotopic (exact) mass is 322 g/mol. The molecule has 0 bridgehead atoms. The van der Waals surface area contributed by atoms with Gasteiger partial charge in [-0.3, -0.25) is 4.79 Å². The molecule has 0 fully saturated rings. The predicted octanol–water partition coefficient (Wildman–Crippen LogP) is 5.25. The van der Waals surface area contributed by atoms with Crippen LogP contribution in [0.25, 0.3) is 0 Å². The maximum Gasteiger partial charge on any atom is 0.159 e. The fourth-order valence-corrected chi connectivity index (χ4v) is 2.50. The number of hydrogen-bond acceptors (Lipinski definition) is 1. The first-order chi connectivity index (χ1) is 9.47. The quantitative estimate of drug-likeness (QED) is 0.517. The van der Waals surface area contributed by atoms with Gasteiger partial charge in [0.05, 0.1) is 15.6 Å². The first kappa shape index (κ1) is 14.9. The normalized spacial score (nSPS) is 9.80. The molecular weight excluding hydrogens is 315 g/mol. The molecule has 0 unspecified atom stereocenters. The number of halogens is 3. The van der Waals surface area contributed by atoms with Crippen molar-refractivity contribution in [3.05, 3.63) is 68.2 Å². The molecule has 0 radical (unpaired) electrons. The van der Waals surface area contributed by atoms with Crippen LogP contribution in [-0.4, -0.2) is 5.78 Å². The van der Waals surface area contributed by atoms with Gasteiger partial charge in [-0.15, -0.1) is 0 Å². The molecule has 0 amide bonds. The largest absolute Gasteiger partial charge is 0.295 e. The van der Waals surface area contributed by atoms with Crippen molar-refractivity contribution >= 4 is 40.6 Å². The molecule has 0 saturated carbocycles. The molecule has 20 heavy (non-hydrogen) atoms. The van der Waals surface area contributed by atoms with E-state index in [-0.39, 0.29) is 5.78 Å². The molecule has 0 aliphatic carbocycles. The Morgan fingerprint density at radius 3 is 2.00 bits per heavy atom. The van der Waals surface area contributed by atoms with Crippen molar-refractivity contribution in [2.75, 3.05) is 0 Å². The topological polar surface area (TPSA) is 17.1 Å². The van der Waals surface area contributed by atoms with Gasteiger partial charge in [0.25, 0.3) is 0 Å². The summed E-state index contributed by atoms with van der Waals surface area (Å²) in [5, 5.41) is 1.29. The van der Waals surface area contributed by atoms with E-state index in [9.17, 15) is 4.79 Å². The zero-order valence-corrected chi connectivity index (χ0v) is 12.8. The third-order valence-corrected chi connectivity index (χ3v) is 3.44. The number of ketones is 1. The van der Waals surface area contributed by atoms with Crippen LogP contribution in [0, 0.1) is 11.8 Å². The molecule has 0 saturated heterocycles. The Bertz CT molecular complexity index is 699. The van der Waals surface area contributed by atoms with Crippen LogP contribution in [0.15, 0.2) is 36.4 Å². The minimum atomic E-state index is 0.0216. The summed E-state index contributed by atoms with van der Waals surface area (Å²) in [4.78, 5) is 11.2. The minimum absolute atomic E-state index is 0.0216. The average Bonchev–Trinajstić information content (AvgIpc) is 2.38. The molecule has 0 aliphatic rings. The van der Waals surface area contributed by atoms with Crippen molar-refractivity contribution in [1.82, 2.24) is 0 Å². The van der Waals surface area contributed by atoms with Crippen molar-refractivity contribution < 1.29 is 4.79 Å². The molecule has 0 N–H and O–H groups in total. The molecule has 4 heteroatoms. The highest BCUT2D eigenvalue weighted by Crippen LogP contribution is 2.28. The Labute approximate surface area is 132 Å². The van der Waals surface area contributed by atoms with Gasteiger partial charge in [-0.1, -0.05) is 58.8 Å². The highest BCUT2D eigenvalue weighted by atomic mass is 35.5. The van der Waals surface area contributed by atoms with E-state index >= 15 is 0 Å². The Hall–Kier alpha value is -1.46. The molecule has 0 aliphatic heterocycles. The Balaban J connectivity index is 2.34. The smallest absolute Gasteiger partial charge is 0.159 e. The lowest BCUT2D eigenvalue weighted by molar-refractivity contribution is 0.101. The first-order valence-corrected chi connectivity index (χ1v) is 6.88. The predicted molar refractivity (Wildman–Crippen MR) is 83.9 cm³/mol. The Morgan fingerprint density at radius 2 is 1.50 bits per heavy atom. The number of carbonyl (C=O) groups is 1. The second kappa shape index (κ2) is 6.33. The summed E-state index contributed by atoms with van der Waals surface area (Å²) < 4.78 is 0. The average molecular weight is 324 g/mol. The van der Waals surface area contributed by atoms with Crippen molar-refractivity contribution in [1.29, 1.82) is 0 Å². The van der Waals surface area contributed by atoms with Gasteiger partial charge in [0.2, 0.25) is 0 Å². The highest BCUT2D eigenvalue weighted by Gasteiger charge is 2.05. The van der Waals surface area contributed by atoms with E-state index in [0.29, 0.717) is 26.2 Å². The summed E-state index contributed by atoms with van der Waals surface area (Å²) in [7, 11) is 0. The summed E-state index contributed by atoms with van der Waals surface area (Å²) in [6, 6.07) is 10.2. The van der Waals surface area contributed by atoms with Crippen LogP contribution >= 0.6 is 34.8 Å². The molecule has 0 atom stereocenters. The molecule has 0 heterocycles. The van der Waals surface area contributed by atoms with Gasteiger partial charge < -0.3 is 0 Å². The fourth-order valence-electron chi connectivity index (χ4n) is 1.58. The van der Waals surface area contributed by atoms with E-state index in [0.717, 1.165) is 5.56 Å². The van der Waals surface area contributed by atoms with Crippen LogP contribution < -0.4 is 0 Å². The number of carbonyl (C=O) groups excluding carboxylic acids is 1. The standard InChI is InChI=1S/C16H9Cl3O/c1-10(20)12-5-2-11(3-6-12)4-7-14-15(18)8-13(17)9-16(14)19/h2-3,5-6,8-9H,1H3. The van der Waals surface area contributed by atoms with Gasteiger partial charge in [0.1, 0.15) is 0 Å². The van der Waals surface area contributed by atoms with Gasteiger partial charge in [-0.25, -0.2) is 0 Å². The summed E-state index contributed by atoms with van der Waals surface area (Å²) in [6.45, 7) is 1.52. The van der Waals surface area contributed by atoms with Gasteiger partial charge >= 0.3 is 0 Å². The van der Waals surface area contributed by atoms with Gasteiger partial charge in [-0.05, 0) is 31.2 Å². The van der Waals surface area contributed by atoms with Crippen molar-refractivity contribution in [3.63, 3.8) is 0 Å². The zero-order valence-electron chi connectivity index (χ0n) is 10.5. The van der Waals surface area contributed by atoms with E-state index in [2.05, 4.69) is 11.8 Å². The molecule has 0 aromatic heterocycles.